The maximum Gasteiger partial charge on any atom is 0.255 e. The molecule has 0 spiro atoms. The second-order valence-electron chi connectivity index (χ2n) is 4.61. The number of halogens is 1. The normalized spacial score (nSPS) is 10.8. The van der Waals surface area contributed by atoms with Gasteiger partial charge in [0.2, 0.25) is 0 Å². The highest BCUT2D eigenvalue weighted by atomic mass is 35.5. The van der Waals surface area contributed by atoms with Gasteiger partial charge in [-0.2, -0.15) is 0 Å². The first-order valence-corrected chi connectivity index (χ1v) is 7.54. The van der Waals surface area contributed by atoms with Gasteiger partial charge < -0.3 is 4.90 Å². The summed E-state index contributed by atoms with van der Waals surface area (Å²) in [5.41, 5.74) is 1.48. The van der Waals surface area contributed by atoms with Gasteiger partial charge in [0.05, 0.1) is 22.3 Å². The molecule has 0 saturated heterocycles. The molecule has 0 aliphatic rings. The van der Waals surface area contributed by atoms with Gasteiger partial charge >= 0.3 is 0 Å². The number of nitrogens with zero attached hydrogens (tertiary/aromatic N) is 3. The van der Waals surface area contributed by atoms with Crippen LogP contribution in [0.3, 0.4) is 0 Å². The standard InChI is InChI=1S/C15H12ClN3OS/c1-19(15(20)10-6-7-13(16)17-8-10)9-14-18-11-4-2-3-5-12(11)21-14/h2-8H,9H2,1H3. The topological polar surface area (TPSA) is 46.1 Å². The highest BCUT2D eigenvalue weighted by Gasteiger charge is 2.14. The van der Waals surface area contributed by atoms with E-state index >= 15 is 0 Å². The number of benzene rings is 1. The molecule has 0 saturated carbocycles. The van der Waals surface area contributed by atoms with E-state index in [4.69, 9.17) is 11.6 Å². The molecule has 0 N–H and O–H groups in total. The number of aromatic nitrogens is 2. The van der Waals surface area contributed by atoms with Gasteiger partial charge in [-0.05, 0) is 24.3 Å². The van der Waals surface area contributed by atoms with Crippen LogP contribution in [0.5, 0.6) is 0 Å². The number of amides is 1. The Balaban J connectivity index is 1.77. The first kappa shape index (κ1) is 14.0. The number of rotatable bonds is 3. The lowest BCUT2D eigenvalue weighted by Gasteiger charge is -2.15. The summed E-state index contributed by atoms with van der Waals surface area (Å²) in [6.45, 7) is 0.473. The second-order valence-corrected chi connectivity index (χ2v) is 6.11. The fraction of sp³-hybridized carbons (Fsp3) is 0.133. The van der Waals surface area contributed by atoms with E-state index in [0.29, 0.717) is 17.3 Å². The Kier molecular flexibility index (Phi) is 3.86. The van der Waals surface area contributed by atoms with Crippen LogP contribution < -0.4 is 0 Å². The number of thiazole rings is 1. The summed E-state index contributed by atoms with van der Waals surface area (Å²) in [5, 5.41) is 1.29. The fourth-order valence-electron chi connectivity index (χ4n) is 1.98. The van der Waals surface area contributed by atoms with E-state index < -0.39 is 0 Å². The zero-order valence-corrected chi connectivity index (χ0v) is 12.9. The summed E-state index contributed by atoms with van der Waals surface area (Å²) in [4.78, 5) is 22.4. The number of carbonyl (C=O) groups excluding carboxylic acids is 1. The molecule has 4 nitrogen and oxygen atoms in total. The number of hydrogen-bond acceptors (Lipinski definition) is 4. The number of pyridine rings is 1. The number of fused-ring (bicyclic) bond motifs is 1. The first-order valence-electron chi connectivity index (χ1n) is 6.35. The molecule has 3 rings (SSSR count). The van der Waals surface area contributed by atoms with Gasteiger partial charge in [-0.15, -0.1) is 11.3 Å². The Hall–Kier alpha value is -1.98. The van der Waals surface area contributed by atoms with E-state index in [1.54, 1.807) is 35.4 Å². The van der Waals surface area contributed by atoms with Crippen LogP contribution in [-0.2, 0) is 6.54 Å². The lowest BCUT2D eigenvalue weighted by Crippen LogP contribution is -2.26. The van der Waals surface area contributed by atoms with Crippen molar-refractivity contribution in [2.75, 3.05) is 7.05 Å². The summed E-state index contributed by atoms with van der Waals surface area (Å²) in [7, 11) is 1.75. The molecule has 1 aromatic carbocycles. The maximum absolute atomic E-state index is 12.3. The largest absolute Gasteiger partial charge is 0.335 e. The van der Waals surface area contributed by atoms with Crippen molar-refractivity contribution in [1.29, 1.82) is 0 Å². The van der Waals surface area contributed by atoms with Crippen molar-refractivity contribution in [3.63, 3.8) is 0 Å². The summed E-state index contributed by atoms with van der Waals surface area (Å²) >= 11 is 7.33. The van der Waals surface area contributed by atoms with Crippen molar-refractivity contribution < 1.29 is 4.79 Å². The van der Waals surface area contributed by atoms with E-state index in [1.165, 1.54) is 6.20 Å². The molecule has 1 amide bonds. The van der Waals surface area contributed by atoms with Crippen LogP contribution in [0.2, 0.25) is 5.15 Å². The average molecular weight is 318 g/mol. The van der Waals surface area contributed by atoms with Crippen molar-refractivity contribution in [3.8, 4) is 0 Å². The zero-order chi connectivity index (χ0) is 14.8. The van der Waals surface area contributed by atoms with Crippen LogP contribution in [0.1, 0.15) is 15.4 Å². The molecule has 0 unspecified atom stereocenters. The second kappa shape index (κ2) is 5.79. The smallest absolute Gasteiger partial charge is 0.255 e. The van der Waals surface area contributed by atoms with E-state index in [-0.39, 0.29) is 5.91 Å². The molecule has 0 aliphatic carbocycles. The molecule has 0 atom stereocenters. The fourth-order valence-corrected chi connectivity index (χ4v) is 3.12. The van der Waals surface area contributed by atoms with E-state index in [0.717, 1.165) is 15.2 Å². The van der Waals surface area contributed by atoms with Gasteiger partial charge in [0, 0.05) is 13.2 Å². The molecular formula is C15H12ClN3OS. The minimum absolute atomic E-state index is 0.0987. The summed E-state index contributed by atoms with van der Waals surface area (Å²) in [5.74, 6) is -0.0987. The van der Waals surface area contributed by atoms with Crippen LogP contribution in [-0.4, -0.2) is 27.8 Å². The molecule has 2 heterocycles. The van der Waals surface area contributed by atoms with Gasteiger partial charge in [-0.3, -0.25) is 4.79 Å². The van der Waals surface area contributed by atoms with Crippen LogP contribution in [0.25, 0.3) is 10.2 Å². The average Bonchev–Trinajstić information content (AvgIpc) is 2.89. The third-order valence-corrected chi connectivity index (χ3v) is 4.28. The minimum atomic E-state index is -0.0987. The predicted molar refractivity (Wildman–Crippen MR) is 84.7 cm³/mol. The van der Waals surface area contributed by atoms with Crippen LogP contribution >= 0.6 is 22.9 Å². The Morgan fingerprint density at radius 3 is 2.81 bits per heavy atom. The van der Waals surface area contributed by atoms with Gasteiger partial charge in [0.25, 0.3) is 5.91 Å². The molecule has 106 valence electrons. The molecule has 0 bridgehead atoms. The highest BCUT2D eigenvalue weighted by Crippen LogP contribution is 2.22. The van der Waals surface area contributed by atoms with Crippen LogP contribution in [0.15, 0.2) is 42.6 Å². The lowest BCUT2D eigenvalue weighted by molar-refractivity contribution is 0.0784. The molecule has 2 aromatic heterocycles. The van der Waals surface area contributed by atoms with E-state index in [2.05, 4.69) is 9.97 Å². The van der Waals surface area contributed by atoms with Crippen LogP contribution in [0, 0.1) is 0 Å². The van der Waals surface area contributed by atoms with Gasteiger partial charge in [-0.1, -0.05) is 23.7 Å². The Bertz CT molecular complexity index is 752. The third-order valence-electron chi connectivity index (χ3n) is 3.03. The summed E-state index contributed by atoms with van der Waals surface area (Å²) in [6.07, 6.45) is 1.49. The molecule has 6 heteroatoms. The van der Waals surface area contributed by atoms with Crippen molar-refractivity contribution in [1.82, 2.24) is 14.9 Å². The Morgan fingerprint density at radius 1 is 1.29 bits per heavy atom. The molecule has 0 radical (unpaired) electrons. The van der Waals surface area contributed by atoms with Gasteiger partial charge in [-0.25, -0.2) is 9.97 Å². The Morgan fingerprint density at radius 2 is 2.10 bits per heavy atom. The summed E-state index contributed by atoms with van der Waals surface area (Å²) in [6, 6.07) is 11.2. The summed E-state index contributed by atoms with van der Waals surface area (Å²) < 4.78 is 1.13. The number of hydrogen-bond donors (Lipinski definition) is 0. The third kappa shape index (κ3) is 3.04. The van der Waals surface area contributed by atoms with Crippen molar-refractivity contribution in [3.05, 3.63) is 58.3 Å². The number of carbonyl (C=O) groups is 1. The first-order chi connectivity index (χ1) is 10.1. The van der Waals surface area contributed by atoms with Crippen LogP contribution in [0.4, 0.5) is 0 Å². The maximum atomic E-state index is 12.3. The monoisotopic (exact) mass is 317 g/mol. The SMILES string of the molecule is CN(Cc1nc2ccccc2s1)C(=O)c1ccc(Cl)nc1. The highest BCUT2D eigenvalue weighted by molar-refractivity contribution is 7.18. The van der Waals surface area contributed by atoms with Crippen molar-refractivity contribution >= 4 is 39.1 Å². The molecule has 0 fully saturated rings. The zero-order valence-electron chi connectivity index (χ0n) is 11.3. The predicted octanol–water partition coefficient (Wildman–Crippen LogP) is 3.62. The minimum Gasteiger partial charge on any atom is -0.335 e. The quantitative estimate of drug-likeness (QED) is 0.693. The van der Waals surface area contributed by atoms with E-state index in [9.17, 15) is 4.79 Å². The molecule has 21 heavy (non-hydrogen) atoms. The Labute approximate surface area is 131 Å². The lowest BCUT2D eigenvalue weighted by atomic mass is 10.2. The molecular weight excluding hydrogens is 306 g/mol. The molecule has 0 aliphatic heterocycles. The van der Waals surface area contributed by atoms with E-state index in [1.807, 2.05) is 24.3 Å². The van der Waals surface area contributed by atoms with Crippen molar-refractivity contribution in [2.45, 2.75) is 6.54 Å². The molecule has 3 aromatic rings. The van der Waals surface area contributed by atoms with Crippen molar-refractivity contribution in [2.24, 2.45) is 0 Å². The van der Waals surface area contributed by atoms with Gasteiger partial charge in [0.1, 0.15) is 10.2 Å². The number of para-hydroxylation sites is 1. The van der Waals surface area contributed by atoms with Gasteiger partial charge in [0.15, 0.2) is 0 Å².